The van der Waals surface area contributed by atoms with Gasteiger partial charge in [0, 0.05) is 0 Å². The molecule has 1 aromatic heterocycles. The largest absolute Gasteiger partial charge is 0.416 e. The van der Waals surface area contributed by atoms with Crippen molar-refractivity contribution in [2.45, 2.75) is 32.6 Å². The fourth-order valence-electron chi connectivity index (χ4n) is 2.99. The number of benzene rings is 2. The van der Waals surface area contributed by atoms with Gasteiger partial charge < -0.3 is 5.32 Å². The summed E-state index contributed by atoms with van der Waals surface area (Å²) in [6, 6.07) is 13.8. The van der Waals surface area contributed by atoms with Crippen LogP contribution in [0.1, 0.15) is 45.7 Å². The highest BCUT2D eigenvalue weighted by molar-refractivity contribution is 6.33. The second-order valence-corrected chi connectivity index (χ2v) is 7.07. The molecule has 152 valence electrons. The number of halogens is 4. The molecule has 0 saturated carbocycles. The zero-order valence-corrected chi connectivity index (χ0v) is 16.6. The van der Waals surface area contributed by atoms with Gasteiger partial charge in [0.1, 0.15) is 5.15 Å². The number of hydrogen-bond donors (Lipinski definition) is 1. The Balaban J connectivity index is 1.75. The average Bonchev–Trinajstić information content (AvgIpc) is 2.95. The van der Waals surface area contributed by atoms with E-state index in [0.717, 1.165) is 17.7 Å². The fourth-order valence-corrected chi connectivity index (χ4v) is 3.31. The summed E-state index contributed by atoms with van der Waals surface area (Å²) in [6.07, 6.45) is -4.40. The van der Waals surface area contributed by atoms with Gasteiger partial charge in [0.25, 0.3) is 5.91 Å². The number of aryl methyl sites for hydroxylation is 1. The van der Waals surface area contributed by atoms with Crippen molar-refractivity contribution in [2.24, 2.45) is 0 Å². The Morgan fingerprint density at radius 1 is 1.14 bits per heavy atom. The first-order chi connectivity index (χ1) is 13.7. The molecular weight excluding hydrogens is 403 g/mol. The molecule has 4 nitrogen and oxygen atoms in total. The fraction of sp³-hybridized carbons (Fsp3) is 0.238. The summed E-state index contributed by atoms with van der Waals surface area (Å²) >= 11 is 6.39. The Hall–Kier alpha value is -2.80. The van der Waals surface area contributed by atoms with E-state index in [1.807, 2.05) is 30.3 Å². The van der Waals surface area contributed by atoms with Gasteiger partial charge in [-0.05, 0) is 37.1 Å². The van der Waals surface area contributed by atoms with E-state index in [1.54, 1.807) is 18.5 Å². The van der Waals surface area contributed by atoms with Crippen LogP contribution in [-0.2, 0) is 12.7 Å². The van der Waals surface area contributed by atoms with Crippen molar-refractivity contribution in [3.05, 3.63) is 87.7 Å². The normalized spacial score (nSPS) is 12.6. The number of alkyl halides is 3. The number of rotatable bonds is 5. The molecule has 0 saturated heterocycles. The zero-order valence-electron chi connectivity index (χ0n) is 15.8. The molecule has 1 N–H and O–H groups in total. The number of aromatic nitrogens is 2. The molecule has 29 heavy (non-hydrogen) atoms. The Labute approximate surface area is 171 Å². The average molecular weight is 422 g/mol. The minimum Gasteiger partial charge on any atom is -0.345 e. The van der Waals surface area contributed by atoms with Crippen molar-refractivity contribution < 1.29 is 18.0 Å². The molecule has 0 aliphatic rings. The quantitative estimate of drug-likeness (QED) is 0.599. The number of carbonyl (C=O) groups is 1. The van der Waals surface area contributed by atoms with Crippen molar-refractivity contribution in [1.82, 2.24) is 15.1 Å². The molecule has 1 unspecified atom stereocenters. The molecule has 1 heterocycles. The van der Waals surface area contributed by atoms with Gasteiger partial charge in [-0.2, -0.15) is 18.3 Å². The monoisotopic (exact) mass is 421 g/mol. The first-order valence-electron chi connectivity index (χ1n) is 8.91. The molecule has 8 heteroatoms. The summed E-state index contributed by atoms with van der Waals surface area (Å²) in [5.74, 6) is -0.431. The van der Waals surface area contributed by atoms with E-state index in [2.05, 4.69) is 10.4 Å². The highest BCUT2D eigenvalue weighted by atomic mass is 35.5. The van der Waals surface area contributed by atoms with Gasteiger partial charge in [-0.25, -0.2) is 4.68 Å². The van der Waals surface area contributed by atoms with Gasteiger partial charge in [0.2, 0.25) is 0 Å². The molecule has 3 rings (SSSR count). The third-order valence-electron chi connectivity index (χ3n) is 4.55. The smallest absolute Gasteiger partial charge is 0.345 e. The number of nitrogens with one attached hydrogen (secondary N) is 1. The van der Waals surface area contributed by atoms with Crippen molar-refractivity contribution >= 4 is 17.5 Å². The Morgan fingerprint density at radius 2 is 1.76 bits per heavy atom. The van der Waals surface area contributed by atoms with Crippen LogP contribution in [0.2, 0.25) is 5.15 Å². The summed E-state index contributed by atoms with van der Waals surface area (Å²) in [4.78, 5) is 12.7. The van der Waals surface area contributed by atoms with E-state index in [4.69, 9.17) is 11.6 Å². The molecule has 1 amide bonds. The predicted molar refractivity (Wildman–Crippen MR) is 105 cm³/mol. The Bertz CT molecular complexity index is 999. The topological polar surface area (TPSA) is 46.9 Å². The third kappa shape index (κ3) is 4.79. The number of carbonyl (C=O) groups excluding carboxylic acids is 1. The molecular formula is C21H19ClF3N3O. The first kappa shape index (κ1) is 20.9. The van der Waals surface area contributed by atoms with Crippen LogP contribution in [-0.4, -0.2) is 15.7 Å². The molecule has 1 atom stereocenters. The molecule has 0 fully saturated rings. The van der Waals surface area contributed by atoms with Crippen molar-refractivity contribution in [1.29, 1.82) is 0 Å². The highest BCUT2D eigenvalue weighted by Gasteiger charge is 2.30. The van der Waals surface area contributed by atoms with Crippen molar-refractivity contribution in [3.8, 4) is 0 Å². The summed E-state index contributed by atoms with van der Waals surface area (Å²) in [5, 5.41) is 7.33. The molecule has 2 aromatic carbocycles. The maximum absolute atomic E-state index is 12.7. The van der Waals surface area contributed by atoms with Crippen LogP contribution in [0.5, 0.6) is 0 Å². The molecule has 0 aliphatic carbocycles. The summed E-state index contributed by atoms with van der Waals surface area (Å²) in [6.45, 7) is 3.80. The standard InChI is InChI=1S/C21H19ClF3N3O/c1-13(16-8-10-17(11-9-16)21(23,24)25)26-20(29)18-14(2)27-28(19(18)22)12-15-6-4-3-5-7-15/h3-11,13H,12H2,1-2H3,(H,26,29). The molecule has 0 aliphatic heterocycles. The second-order valence-electron chi connectivity index (χ2n) is 6.71. The maximum atomic E-state index is 12.7. The van der Waals surface area contributed by atoms with Crippen LogP contribution in [0, 0.1) is 6.92 Å². The highest BCUT2D eigenvalue weighted by Crippen LogP contribution is 2.30. The van der Waals surface area contributed by atoms with Gasteiger partial charge in [-0.3, -0.25) is 4.79 Å². The lowest BCUT2D eigenvalue weighted by Gasteiger charge is -2.15. The van der Waals surface area contributed by atoms with E-state index >= 15 is 0 Å². The van der Waals surface area contributed by atoms with Crippen molar-refractivity contribution in [3.63, 3.8) is 0 Å². The van der Waals surface area contributed by atoms with E-state index in [1.165, 1.54) is 12.1 Å². The van der Waals surface area contributed by atoms with Crippen LogP contribution in [0.3, 0.4) is 0 Å². The minimum absolute atomic E-state index is 0.212. The lowest BCUT2D eigenvalue weighted by Crippen LogP contribution is -2.27. The van der Waals surface area contributed by atoms with E-state index < -0.39 is 23.7 Å². The summed E-state index contributed by atoms with van der Waals surface area (Å²) in [5.41, 5.74) is 1.53. The lowest BCUT2D eigenvalue weighted by atomic mass is 10.1. The summed E-state index contributed by atoms with van der Waals surface area (Å²) < 4.78 is 39.7. The summed E-state index contributed by atoms with van der Waals surface area (Å²) in [7, 11) is 0. The minimum atomic E-state index is -4.40. The van der Waals surface area contributed by atoms with E-state index in [0.29, 0.717) is 17.8 Å². The van der Waals surface area contributed by atoms with Crippen LogP contribution in [0.4, 0.5) is 13.2 Å². The Morgan fingerprint density at radius 3 is 2.34 bits per heavy atom. The molecule has 0 radical (unpaired) electrons. The van der Waals surface area contributed by atoms with Crippen molar-refractivity contribution in [2.75, 3.05) is 0 Å². The predicted octanol–water partition coefficient (Wildman–Crippen LogP) is 5.40. The number of nitrogens with zero attached hydrogens (tertiary/aromatic N) is 2. The van der Waals surface area contributed by atoms with Crippen LogP contribution < -0.4 is 5.32 Å². The molecule has 3 aromatic rings. The maximum Gasteiger partial charge on any atom is 0.416 e. The number of hydrogen-bond acceptors (Lipinski definition) is 2. The van der Waals surface area contributed by atoms with Gasteiger partial charge in [-0.1, -0.05) is 54.1 Å². The SMILES string of the molecule is Cc1nn(Cc2ccccc2)c(Cl)c1C(=O)NC(C)c1ccc(C(F)(F)F)cc1. The molecule has 0 spiro atoms. The van der Waals surface area contributed by atoms with Crippen LogP contribution in [0.25, 0.3) is 0 Å². The van der Waals surface area contributed by atoms with Crippen LogP contribution >= 0.6 is 11.6 Å². The molecule has 0 bridgehead atoms. The van der Waals surface area contributed by atoms with Gasteiger partial charge in [0.05, 0.1) is 29.4 Å². The zero-order chi connectivity index (χ0) is 21.2. The van der Waals surface area contributed by atoms with E-state index in [9.17, 15) is 18.0 Å². The van der Waals surface area contributed by atoms with Crippen LogP contribution in [0.15, 0.2) is 54.6 Å². The van der Waals surface area contributed by atoms with Gasteiger partial charge in [0.15, 0.2) is 0 Å². The number of amides is 1. The second kappa shape index (κ2) is 8.29. The van der Waals surface area contributed by atoms with Gasteiger partial charge in [-0.15, -0.1) is 0 Å². The van der Waals surface area contributed by atoms with Gasteiger partial charge >= 0.3 is 6.18 Å². The van der Waals surface area contributed by atoms with E-state index in [-0.39, 0.29) is 10.7 Å². The third-order valence-corrected chi connectivity index (χ3v) is 4.94. The lowest BCUT2D eigenvalue weighted by molar-refractivity contribution is -0.137. The first-order valence-corrected chi connectivity index (χ1v) is 9.29. The Kier molecular flexibility index (Phi) is 5.98.